The van der Waals surface area contributed by atoms with Gasteiger partial charge in [-0.05, 0) is 44.9 Å². The summed E-state index contributed by atoms with van der Waals surface area (Å²) in [6.07, 6.45) is 0.379. The lowest BCUT2D eigenvalue weighted by Gasteiger charge is -2.38. The number of carbonyl (C=O) groups excluding carboxylic acids is 1. The Morgan fingerprint density at radius 3 is 2.39 bits per heavy atom. The Morgan fingerprint density at radius 1 is 1.05 bits per heavy atom. The maximum absolute atomic E-state index is 15.8. The Kier molecular flexibility index (Phi) is 9.18. The van der Waals surface area contributed by atoms with Crippen LogP contribution in [0.25, 0.3) is 0 Å². The molecule has 0 N–H and O–H groups in total. The molecule has 0 bridgehead atoms. The predicted octanol–water partition coefficient (Wildman–Crippen LogP) is 6.30. The standard InChI is InChI=1S/C28H28F3N3O4/c1-5-14-34(28(3,4)27(35)36-6-2)24-22(29)25(31)33-26(23(24)30)38-21-15-19(16-32)12-13-20(21)37-17-18-10-8-7-9-11-18/h7-13,15H,5-6,14,17H2,1-4H3. The summed E-state index contributed by atoms with van der Waals surface area (Å²) < 4.78 is 62.0. The summed E-state index contributed by atoms with van der Waals surface area (Å²) in [4.78, 5) is 17.1. The van der Waals surface area contributed by atoms with Gasteiger partial charge in [0.1, 0.15) is 17.8 Å². The van der Waals surface area contributed by atoms with Gasteiger partial charge in [0.2, 0.25) is 11.6 Å². The molecule has 0 aliphatic rings. The molecule has 0 unspecified atom stereocenters. The molecule has 2 aromatic carbocycles. The smallest absolute Gasteiger partial charge is 0.331 e. The van der Waals surface area contributed by atoms with Crippen molar-refractivity contribution in [1.29, 1.82) is 5.26 Å². The Bertz CT molecular complexity index is 1330. The largest absolute Gasteiger partial charge is 0.485 e. The van der Waals surface area contributed by atoms with Crippen LogP contribution in [0.4, 0.5) is 18.9 Å². The van der Waals surface area contributed by atoms with Crippen molar-refractivity contribution in [3.05, 3.63) is 77.2 Å². The number of hydrogen-bond acceptors (Lipinski definition) is 7. The molecule has 7 nitrogen and oxygen atoms in total. The summed E-state index contributed by atoms with van der Waals surface area (Å²) in [6, 6.07) is 15.3. The number of pyridine rings is 1. The maximum Gasteiger partial charge on any atom is 0.331 e. The number of esters is 1. The van der Waals surface area contributed by atoms with Gasteiger partial charge in [0.05, 0.1) is 18.2 Å². The Morgan fingerprint density at radius 2 is 1.76 bits per heavy atom. The highest BCUT2D eigenvalue weighted by molar-refractivity contribution is 5.84. The zero-order chi connectivity index (χ0) is 27.9. The second-order valence-electron chi connectivity index (χ2n) is 8.77. The van der Waals surface area contributed by atoms with Crippen molar-refractivity contribution in [1.82, 2.24) is 4.98 Å². The van der Waals surface area contributed by atoms with Gasteiger partial charge in [-0.25, -0.2) is 4.79 Å². The van der Waals surface area contributed by atoms with E-state index in [1.54, 1.807) is 13.8 Å². The summed E-state index contributed by atoms with van der Waals surface area (Å²) >= 11 is 0. The van der Waals surface area contributed by atoms with Crippen LogP contribution >= 0.6 is 0 Å². The molecule has 0 aliphatic carbocycles. The van der Waals surface area contributed by atoms with Crippen LogP contribution in [0.1, 0.15) is 45.2 Å². The van der Waals surface area contributed by atoms with Crippen LogP contribution in [0.3, 0.4) is 0 Å². The third-order valence-corrected chi connectivity index (χ3v) is 5.67. The van der Waals surface area contributed by atoms with Crippen molar-refractivity contribution in [3.8, 4) is 23.4 Å². The van der Waals surface area contributed by atoms with E-state index >= 15 is 8.78 Å². The number of carbonyl (C=O) groups is 1. The fraction of sp³-hybridized carbons (Fsp3) is 0.321. The van der Waals surface area contributed by atoms with Crippen molar-refractivity contribution >= 4 is 11.7 Å². The van der Waals surface area contributed by atoms with E-state index in [-0.39, 0.29) is 36.8 Å². The second-order valence-corrected chi connectivity index (χ2v) is 8.77. The molecule has 38 heavy (non-hydrogen) atoms. The fourth-order valence-electron chi connectivity index (χ4n) is 3.72. The number of hydrogen-bond donors (Lipinski definition) is 0. The highest BCUT2D eigenvalue weighted by atomic mass is 19.2. The van der Waals surface area contributed by atoms with Gasteiger partial charge in [0, 0.05) is 12.6 Å². The molecular formula is C28H28F3N3O4. The first kappa shape index (κ1) is 28.3. The maximum atomic E-state index is 15.8. The summed E-state index contributed by atoms with van der Waals surface area (Å²) in [5.74, 6) is -6.17. The first-order valence-electron chi connectivity index (χ1n) is 12.0. The van der Waals surface area contributed by atoms with Crippen LogP contribution in [0.15, 0.2) is 48.5 Å². The minimum Gasteiger partial charge on any atom is -0.485 e. The molecule has 0 saturated carbocycles. The van der Waals surface area contributed by atoms with Gasteiger partial charge in [-0.3, -0.25) is 0 Å². The Labute approximate surface area is 219 Å². The lowest BCUT2D eigenvalue weighted by molar-refractivity contribution is -0.148. The third-order valence-electron chi connectivity index (χ3n) is 5.67. The van der Waals surface area contributed by atoms with E-state index in [1.165, 1.54) is 32.0 Å². The molecule has 0 aliphatic heterocycles. The normalized spacial score (nSPS) is 11.0. The topological polar surface area (TPSA) is 84.7 Å². The number of benzene rings is 2. The molecular weight excluding hydrogens is 499 g/mol. The van der Waals surface area contributed by atoms with E-state index in [0.717, 1.165) is 10.5 Å². The second kappa shape index (κ2) is 12.3. The molecule has 3 rings (SSSR count). The summed E-state index contributed by atoms with van der Waals surface area (Å²) in [7, 11) is 0. The van der Waals surface area contributed by atoms with Crippen LogP contribution in [0, 0.1) is 28.9 Å². The molecule has 0 atom stereocenters. The molecule has 3 aromatic rings. The summed E-state index contributed by atoms with van der Waals surface area (Å²) in [6.45, 7) is 6.35. The van der Waals surface area contributed by atoms with Gasteiger partial charge in [-0.2, -0.15) is 23.4 Å². The average molecular weight is 528 g/mol. The lowest BCUT2D eigenvalue weighted by atomic mass is 10.0. The minimum atomic E-state index is -1.62. The number of anilines is 1. The first-order valence-corrected chi connectivity index (χ1v) is 12.0. The molecule has 10 heteroatoms. The van der Waals surface area contributed by atoms with Crippen LogP contribution in [-0.4, -0.2) is 29.6 Å². The van der Waals surface area contributed by atoms with Gasteiger partial charge in [-0.1, -0.05) is 37.3 Å². The third kappa shape index (κ3) is 6.17. The zero-order valence-electron chi connectivity index (χ0n) is 21.6. The van der Waals surface area contributed by atoms with Crippen LogP contribution in [0.2, 0.25) is 0 Å². The van der Waals surface area contributed by atoms with Crippen molar-refractivity contribution in [3.63, 3.8) is 0 Å². The van der Waals surface area contributed by atoms with E-state index in [0.29, 0.717) is 6.42 Å². The number of rotatable bonds is 11. The van der Waals surface area contributed by atoms with Gasteiger partial charge in [0.25, 0.3) is 11.8 Å². The molecule has 200 valence electrons. The lowest BCUT2D eigenvalue weighted by Crippen LogP contribution is -2.52. The molecule has 0 saturated heterocycles. The molecule has 0 spiro atoms. The molecule has 0 fully saturated rings. The van der Waals surface area contributed by atoms with E-state index in [4.69, 9.17) is 14.2 Å². The average Bonchev–Trinajstić information content (AvgIpc) is 2.91. The Balaban J connectivity index is 2.06. The molecule has 1 aromatic heterocycles. The van der Waals surface area contributed by atoms with E-state index in [9.17, 15) is 14.4 Å². The number of nitrogens with zero attached hydrogens (tertiary/aromatic N) is 3. The van der Waals surface area contributed by atoms with Crippen LogP contribution < -0.4 is 14.4 Å². The first-order chi connectivity index (χ1) is 18.1. The number of aromatic nitrogens is 1. The van der Waals surface area contributed by atoms with E-state index < -0.39 is 40.7 Å². The Hall–Kier alpha value is -4.26. The predicted molar refractivity (Wildman–Crippen MR) is 134 cm³/mol. The molecule has 1 heterocycles. The van der Waals surface area contributed by atoms with E-state index in [1.807, 2.05) is 36.4 Å². The van der Waals surface area contributed by atoms with Crippen molar-refractivity contribution in [2.75, 3.05) is 18.1 Å². The van der Waals surface area contributed by atoms with Gasteiger partial charge < -0.3 is 19.1 Å². The van der Waals surface area contributed by atoms with Crippen molar-refractivity contribution < 1.29 is 32.2 Å². The molecule has 0 amide bonds. The van der Waals surface area contributed by atoms with Crippen LogP contribution in [-0.2, 0) is 16.1 Å². The summed E-state index contributed by atoms with van der Waals surface area (Å²) in [5, 5.41) is 9.33. The van der Waals surface area contributed by atoms with Crippen LogP contribution in [0.5, 0.6) is 17.4 Å². The van der Waals surface area contributed by atoms with E-state index in [2.05, 4.69) is 4.98 Å². The van der Waals surface area contributed by atoms with Gasteiger partial charge in [-0.15, -0.1) is 0 Å². The highest BCUT2D eigenvalue weighted by Gasteiger charge is 2.40. The summed E-state index contributed by atoms with van der Waals surface area (Å²) in [5.41, 5.74) is -1.38. The van der Waals surface area contributed by atoms with Gasteiger partial charge >= 0.3 is 5.97 Å². The van der Waals surface area contributed by atoms with Crippen molar-refractivity contribution in [2.24, 2.45) is 0 Å². The number of ether oxygens (including phenoxy) is 3. The minimum absolute atomic E-state index is 0.00208. The SMILES string of the molecule is CCCN(c1c(F)c(F)nc(Oc2cc(C#N)ccc2OCc2ccccc2)c1F)C(C)(C)C(=O)OCC. The quantitative estimate of drug-likeness (QED) is 0.214. The van der Waals surface area contributed by atoms with Gasteiger partial charge in [0.15, 0.2) is 11.5 Å². The van der Waals surface area contributed by atoms with Crippen molar-refractivity contribution in [2.45, 2.75) is 46.3 Å². The highest BCUT2D eigenvalue weighted by Crippen LogP contribution is 2.39. The zero-order valence-corrected chi connectivity index (χ0v) is 21.6. The number of halogens is 3. The number of nitriles is 1. The molecule has 0 radical (unpaired) electrons. The fourth-order valence-corrected chi connectivity index (χ4v) is 3.72. The monoisotopic (exact) mass is 527 g/mol.